The topological polar surface area (TPSA) is 36.0 Å². The highest BCUT2D eigenvalue weighted by Crippen LogP contribution is 2.29. The van der Waals surface area contributed by atoms with Gasteiger partial charge in [0.25, 0.3) is 0 Å². The van der Waals surface area contributed by atoms with E-state index in [9.17, 15) is 4.79 Å². The van der Waals surface area contributed by atoms with E-state index in [1.54, 1.807) is 0 Å². The lowest BCUT2D eigenvalue weighted by molar-refractivity contribution is -0.136. The number of hydrogen-bond donors (Lipinski definition) is 0. The van der Waals surface area contributed by atoms with Crippen molar-refractivity contribution in [3.05, 3.63) is 0 Å². The quantitative estimate of drug-likeness (QED) is 0.654. The molecule has 3 aliphatic rings. The molecule has 0 bridgehead atoms. The van der Waals surface area contributed by atoms with Crippen LogP contribution in [-0.2, 0) is 9.53 Å². The van der Waals surface area contributed by atoms with Crippen molar-refractivity contribution in [1.82, 2.24) is 14.7 Å². The molecule has 0 saturated carbocycles. The molecule has 0 radical (unpaired) electrons. The highest BCUT2D eigenvalue weighted by atomic mass is 16.5. The van der Waals surface area contributed by atoms with Gasteiger partial charge < -0.3 is 14.5 Å². The maximum absolute atomic E-state index is 12.2. The van der Waals surface area contributed by atoms with Crippen LogP contribution in [0, 0.1) is 11.8 Å². The van der Waals surface area contributed by atoms with Gasteiger partial charge in [-0.15, -0.1) is 0 Å². The summed E-state index contributed by atoms with van der Waals surface area (Å²) in [7, 11) is 2.20. The van der Waals surface area contributed by atoms with Crippen molar-refractivity contribution in [2.24, 2.45) is 11.8 Å². The standard InChI is InChI=1S/C13H23N3O2/c1-14-6-11-8-15(9-12(11)7-14)10-13(17)16-2-4-18-5-3-16/h11-12H,2-10H2,1H3. The van der Waals surface area contributed by atoms with Crippen molar-refractivity contribution >= 4 is 5.91 Å². The average molecular weight is 253 g/mol. The molecule has 5 heteroatoms. The fourth-order valence-corrected chi connectivity index (χ4v) is 3.56. The van der Waals surface area contributed by atoms with Gasteiger partial charge in [0.15, 0.2) is 0 Å². The smallest absolute Gasteiger partial charge is 0.236 e. The summed E-state index contributed by atoms with van der Waals surface area (Å²) >= 11 is 0. The first-order valence-corrected chi connectivity index (χ1v) is 6.99. The first kappa shape index (κ1) is 12.4. The van der Waals surface area contributed by atoms with Crippen molar-refractivity contribution in [3.63, 3.8) is 0 Å². The van der Waals surface area contributed by atoms with E-state index in [1.165, 1.54) is 13.1 Å². The van der Waals surface area contributed by atoms with Gasteiger partial charge in [-0.2, -0.15) is 0 Å². The molecule has 5 nitrogen and oxygen atoms in total. The molecule has 0 N–H and O–H groups in total. The summed E-state index contributed by atoms with van der Waals surface area (Å²) in [6.45, 7) is 8.14. The summed E-state index contributed by atoms with van der Waals surface area (Å²) in [4.78, 5) is 18.9. The third-order valence-corrected chi connectivity index (χ3v) is 4.47. The van der Waals surface area contributed by atoms with Crippen LogP contribution in [0.25, 0.3) is 0 Å². The zero-order chi connectivity index (χ0) is 12.5. The van der Waals surface area contributed by atoms with Crippen LogP contribution in [0.5, 0.6) is 0 Å². The number of morpholine rings is 1. The number of hydrogen-bond acceptors (Lipinski definition) is 4. The lowest BCUT2D eigenvalue weighted by Crippen LogP contribution is -2.45. The van der Waals surface area contributed by atoms with E-state index >= 15 is 0 Å². The van der Waals surface area contributed by atoms with E-state index in [2.05, 4.69) is 16.8 Å². The number of likely N-dealkylation sites (tertiary alicyclic amines) is 2. The number of carbonyl (C=O) groups is 1. The van der Waals surface area contributed by atoms with Crippen LogP contribution >= 0.6 is 0 Å². The van der Waals surface area contributed by atoms with Crippen molar-refractivity contribution in [1.29, 1.82) is 0 Å². The molecule has 0 aliphatic carbocycles. The van der Waals surface area contributed by atoms with Gasteiger partial charge in [0.05, 0.1) is 19.8 Å². The SMILES string of the molecule is CN1CC2CN(CC(=O)N3CCOCC3)CC2C1. The molecular weight excluding hydrogens is 230 g/mol. The molecule has 2 unspecified atom stereocenters. The predicted octanol–water partition coefficient (Wildman–Crippen LogP) is -0.661. The van der Waals surface area contributed by atoms with Gasteiger partial charge in [0.1, 0.15) is 0 Å². The Kier molecular flexibility index (Phi) is 3.54. The van der Waals surface area contributed by atoms with Crippen LogP contribution < -0.4 is 0 Å². The average Bonchev–Trinajstić information content (AvgIpc) is 2.86. The van der Waals surface area contributed by atoms with E-state index in [0.717, 1.165) is 38.0 Å². The first-order chi connectivity index (χ1) is 8.72. The summed E-state index contributed by atoms with van der Waals surface area (Å²) in [5.74, 6) is 1.85. The summed E-state index contributed by atoms with van der Waals surface area (Å²) in [5.41, 5.74) is 0. The second kappa shape index (κ2) is 5.15. The number of amides is 1. The second-order valence-corrected chi connectivity index (χ2v) is 5.93. The van der Waals surface area contributed by atoms with Gasteiger partial charge in [0, 0.05) is 39.3 Å². The van der Waals surface area contributed by atoms with Crippen molar-refractivity contribution < 1.29 is 9.53 Å². The Morgan fingerprint density at radius 1 is 1.11 bits per heavy atom. The Labute approximate surface area is 109 Å². The molecule has 3 rings (SSSR count). The highest BCUT2D eigenvalue weighted by Gasteiger charge is 2.39. The number of nitrogens with zero attached hydrogens (tertiary/aromatic N) is 3. The minimum absolute atomic E-state index is 0.284. The Morgan fingerprint density at radius 2 is 1.72 bits per heavy atom. The molecule has 3 heterocycles. The molecule has 0 aromatic heterocycles. The van der Waals surface area contributed by atoms with Gasteiger partial charge in [-0.3, -0.25) is 9.69 Å². The molecular formula is C13H23N3O2. The van der Waals surface area contributed by atoms with Crippen molar-refractivity contribution in [2.45, 2.75) is 0 Å². The van der Waals surface area contributed by atoms with Gasteiger partial charge in [-0.05, 0) is 18.9 Å². The molecule has 18 heavy (non-hydrogen) atoms. The van der Waals surface area contributed by atoms with E-state index in [0.29, 0.717) is 19.8 Å². The van der Waals surface area contributed by atoms with E-state index in [4.69, 9.17) is 4.74 Å². The molecule has 3 saturated heterocycles. The summed E-state index contributed by atoms with van der Waals surface area (Å²) < 4.78 is 5.28. The molecule has 0 spiro atoms. The van der Waals surface area contributed by atoms with Gasteiger partial charge in [-0.25, -0.2) is 0 Å². The normalized spacial score (nSPS) is 33.9. The van der Waals surface area contributed by atoms with E-state index < -0.39 is 0 Å². The van der Waals surface area contributed by atoms with E-state index in [-0.39, 0.29) is 5.91 Å². The Hall–Kier alpha value is -0.650. The first-order valence-electron chi connectivity index (χ1n) is 6.99. The fraction of sp³-hybridized carbons (Fsp3) is 0.923. The summed E-state index contributed by atoms with van der Waals surface area (Å²) in [6.07, 6.45) is 0. The van der Waals surface area contributed by atoms with Crippen LogP contribution in [-0.4, -0.2) is 86.7 Å². The van der Waals surface area contributed by atoms with Crippen LogP contribution in [0.3, 0.4) is 0 Å². The van der Waals surface area contributed by atoms with Gasteiger partial charge in [-0.1, -0.05) is 0 Å². The van der Waals surface area contributed by atoms with Crippen LogP contribution in [0.4, 0.5) is 0 Å². The summed E-state index contributed by atoms with van der Waals surface area (Å²) in [5, 5.41) is 0. The van der Waals surface area contributed by atoms with Crippen molar-refractivity contribution in [2.75, 3.05) is 66.1 Å². The largest absolute Gasteiger partial charge is 0.378 e. The molecule has 3 fully saturated rings. The third-order valence-electron chi connectivity index (χ3n) is 4.47. The highest BCUT2D eigenvalue weighted by molar-refractivity contribution is 5.78. The molecule has 3 aliphatic heterocycles. The monoisotopic (exact) mass is 253 g/mol. The predicted molar refractivity (Wildman–Crippen MR) is 68.3 cm³/mol. The Morgan fingerprint density at radius 3 is 2.33 bits per heavy atom. The third kappa shape index (κ3) is 2.53. The molecule has 0 aromatic rings. The van der Waals surface area contributed by atoms with E-state index in [1.807, 2.05) is 4.90 Å². The van der Waals surface area contributed by atoms with Crippen LogP contribution in [0.15, 0.2) is 0 Å². The number of rotatable bonds is 2. The Balaban J connectivity index is 1.48. The molecule has 2 atom stereocenters. The van der Waals surface area contributed by atoms with Crippen molar-refractivity contribution in [3.8, 4) is 0 Å². The number of ether oxygens (including phenoxy) is 1. The summed E-state index contributed by atoms with van der Waals surface area (Å²) in [6, 6.07) is 0. The van der Waals surface area contributed by atoms with Gasteiger partial charge >= 0.3 is 0 Å². The minimum Gasteiger partial charge on any atom is -0.378 e. The second-order valence-electron chi connectivity index (χ2n) is 5.93. The van der Waals surface area contributed by atoms with Gasteiger partial charge in [0.2, 0.25) is 5.91 Å². The molecule has 1 amide bonds. The zero-order valence-electron chi connectivity index (χ0n) is 11.2. The number of fused-ring (bicyclic) bond motifs is 1. The molecule has 102 valence electrons. The Bertz CT molecular complexity index is 303. The lowest BCUT2D eigenvalue weighted by Gasteiger charge is -2.29. The number of carbonyl (C=O) groups excluding carboxylic acids is 1. The van der Waals surface area contributed by atoms with Crippen LogP contribution in [0.1, 0.15) is 0 Å². The molecule has 0 aromatic carbocycles. The zero-order valence-corrected chi connectivity index (χ0v) is 11.2. The minimum atomic E-state index is 0.284. The lowest BCUT2D eigenvalue weighted by atomic mass is 10.0. The fourth-order valence-electron chi connectivity index (χ4n) is 3.56. The van der Waals surface area contributed by atoms with Crippen LogP contribution in [0.2, 0.25) is 0 Å². The maximum Gasteiger partial charge on any atom is 0.236 e. The maximum atomic E-state index is 12.2.